The number of amides is 2. The molecule has 0 aliphatic heterocycles. The molecule has 27 heavy (non-hydrogen) atoms. The maximum Gasteiger partial charge on any atom is 0.257 e. The molecule has 2 amide bonds. The molecule has 0 radical (unpaired) electrons. The zero-order valence-corrected chi connectivity index (χ0v) is 17.1. The quantitative estimate of drug-likeness (QED) is 0.570. The fraction of sp³-hybridized carbons (Fsp3) is 0.176. The average molecular weight is 420 g/mol. The normalized spacial score (nSPS) is 10.7. The number of nitrogens with two attached hydrogens (primary N) is 1. The van der Waals surface area contributed by atoms with Crippen LogP contribution in [0, 0.1) is 6.92 Å². The monoisotopic (exact) mass is 419 g/mol. The van der Waals surface area contributed by atoms with Gasteiger partial charge in [-0.3, -0.25) is 19.5 Å². The van der Waals surface area contributed by atoms with Crippen LogP contribution < -0.4 is 11.1 Å². The summed E-state index contributed by atoms with van der Waals surface area (Å²) in [5.74, 6) is -0.455. The van der Waals surface area contributed by atoms with E-state index in [1.54, 1.807) is 18.3 Å². The van der Waals surface area contributed by atoms with Gasteiger partial charge in [0.05, 0.1) is 15.7 Å². The van der Waals surface area contributed by atoms with E-state index >= 15 is 0 Å². The van der Waals surface area contributed by atoms with Gasteiger partial charge in [-0.05, 0) is 31.4 Å². The van der Waals surface area contributed by atoms with Crippen molar-refractivity contribution in [3.8, 4) is 5.69 Å². The van der Waals surface area contributed by atoms with Crippen LogP contribution in [0.5, 0.6) is 0 Å². The molecule has 0 aliphatic rings. The highest BCUT2D eigenvalue weighted by molar-refractivity contribution is 8.01. The standard InChI is InChI=1S/C17H17N5O2S3/c1-10-15(26-9-13(18)23)27-16(20-10)21-14(24)11-4-3-5-12(8-11)22-7-6-19-17(22)25-2/h3-8H,9H2,1-2H3,(H2,18,23)(H,20,21,24). The number of nitrogens with one attached hydrogen (secondary N) is 1. The minimum atomic E-state index is -0.390. The highest BCUT2D eigenvalue weighted by Gasteiger charge is 2.14. The second kappa shape index (κ2) is 8.59. The van der Waals surface area contributed by atoms with E-state index in [1.807, 2.05) is 36.1 Å². The zero-order chi connectivity index (χ0) is 19.4. The van der Waals surface area contributed by atoms with Crippen molar-refractivity contribution in [1.82, 2.24) is 14.5 Å². The molecule has 3 rings (SSSR count). The number of aryl methyl sites for hydroxylation is 1. The molecule has 0 bridgehead atoms. The number of thiazole rings is 1. The van der Waals surface area contributed by atoms with Gasteiger partial charge >= 0.3 is 0 Å². The molecule has 3 N–H and O–H groups in total. The number of hydrogen-bond donors (Lipinski definition) is 2. The molecule has 0 saturated heterocycles. The molecular weight excluding hydrogens is 402 g/mol. The molecular formula is C17H17N5O2S3. The van der Waals surface area contributed by atoms with E-state index < -0.39 is 0 Å². The van der Waals surface area contributed by atoms with Crippen molar-refractivity contribution in [1.29, 1.82) is 0 Å². The lowest BCUT2D eigenvalue weighted by Crippen LogP contribution is -2.12. The van der Waals surface area contributed by atoms with E-state index in [9.17, 15) is 9.59 Å². The van der Waals surface area contributed by atoms with Crippen molar-refractivity contribution in [2.75, 3.05) is 17.3 Å². The van der Waals surface area contributed by atoms with Gasteiger partial charge in [0.25, 0.3) is 5.91 Å². The van der Waals surface area contributed by atoms with Crippen LogP contribution >= 0.6 is 34.9 Å². The molecule has 1 aromatic carbocycles. The maximum atomic E-state index is 12.6. The van der Waals surface area contributed by atoms with E-state index in [1.165, 1.54) is 34.9 Å². The van der Waals surface area contributed by atoms with Crippen LogP contribution in [0.3, 0.4) is 0 Å². The summed E-state index contributed by atoms with van der Waals surface area (Å²) in [6.07, 6.45) is 5.53. The van der Waals surface area contributed by atoms with Crippen molar-refractivity contribution in [2.24, 2.45) is 5.73 Å². The molecule has 2 heterocycles. The number of rotatable bonds is 7. The van der Waals surface area contributed by atoms with Gasteiger partial charge in [0, 0.05) is 23.6 Å². The minimum absolute atomic E-state index is 0.182. The highest BCUT2D eigenvalue weighted by Crippen LogP contribution is 2.32. The van der Waals surface area contributed by atoms with Gasteiger partial charge in [-0.15, -0.1) is 11.8 Å². The van der Waals surface area contributed by atoms with Gasteiger partial charge in [-0.1, -0.05) is 29.2 Å². The largest absolute Gasteiger partial charge is 0.369 e. The number of imidazole rings is 1. The summed E-state index contributed by atoms with van der Waals surface area (Å²) in [6.45, 7) is 1.83. The summed E-state index contributed by atoms with van der Waals surface area (Å²) < 4.78 is 2.79. The maximum absolute atomic E-state index is 12.6. The first-order valence-corrected chi connectivity index (χ1v) is 10.9. The van der Waals surface area contributed by atoms with Crippen molar-refractivity contribution < 1.29 is 9.59 Å². The Morgan fingerprint density at radius 2 is 2.19 bits per heavy atom. The summed E-state index contributed by atoms with van der Waals surface area (Å²) in [4.78, 5) is 32.2. The van der Waals surface area contributed by atoms with Crippen LogP contribution in [0.4, 0.5) is 5.13 Å². The number of thioether (sulfide) groups is 2. The summed E-state index contributed by atoms with van der Waals surface area (Å²) in [7, 11) is 0. The predicted molar refractivity (Wildman–Crippen MR) is 110 cm³/mol. The molecule has 0 spiro atoms. The van der Waals surface area contributed by atoms with Gasteiger partial charge in [0.1, 0.15) is 0 Å². The summed E-state index contributed by atoms with van der Waals surface area (Å²) in [6, 6.07) is 7.30. The Bertz CT molecular complexity index is 983. The van der Waals surface area contributed by atoms with Crippen LogP contribution in [-0.2, 0) is 4.79 Å². The first-order valence-electron chi connectivity index (χ1n) is 7.85. The van der Waals surface area contributed by atoms with Gasteiger partial charge < -0.3 is 5.73 Å². The predicted octanol–water partition coefficient (Wildman–Crippen LogP) is 3.19. The Labute approximate surface area is 168 Å². The number of primary amides is 1. The van der Waals surface area contributed by atoms with Crippen molar-refractivity contribution in [3.05, 3.63) is 47.9 Å². The molecule has 140 valence electrons. The van der Waals surface area contributed by atoms with Gasteiger partial charge in [-0.25, -0.2) is 9.97 Å². The van der Waals surface area contributed by atoms with Crippen molar-refractivity contribution >= 4 is 51.8 Å². The molecule has 0 atom stereocenters. The molecule has 0 unspecified atom stereocenters. The Kier molecular flexibility index (Phi) is 6.19. The Balaban J connectivity index is 1.76. The minimum Gasteiger partial charge on any atom is -0.369 e. The number of nitrogens with zero attached hydrogens (tertiary/aromatic N) is 3. The number of benzene rings is 1. The second-order valence-corrected chi connectivity index (χ2v) is 8.45. The van der Waals surface area contributed by atoms with Gasteiger partial charge in [-0.2, -0.15) is 0 Å². The van der Waals surface area contributed by atoms with Crippen LogP contribution in [-0.4, -0.2) is 38.4 Å². The molecule has 7 nitrogen and oxygen atoms in total. The smallest absolute Gasteiger partial charge is 0.257 e. The van der Waals surface area contributed by atoms with Crippen molar-refractivity contribution in [2.45, 2.75) is 16.3 Å². The Morgan fingerprint density at radius 1 is 1.37 bits per heavy atom. The average Bonchev–Trinajstić information content (AvgIpc) is 3.26. The zero-order valence-electron chi connectivity index (χ0n) is 14.6. The van der Waals surface area contributed by atoms with Crippen molar-refractivity contribution in [3.63, 3.8) is 0 Å². The lowest BCUT2D eigenvalue weighted by atomic mass is 10.2. The van der Waals surface area contributed by atoms with Crippen LogP contribution in [0.1, 0.15) is 16.1 Å². The van der Waals surface area contributed by atoms with E-state index in [4.69, 9.17) is 5.73 Å². The van der Waals surface area contributed by atoms with E-state index in [0.29, 0.717) is 10.7 Å². The Hall–Kier alpha value is -2.30. The number of hydrogen-bond acceptors (Lipinski definition) is 7. The summed E-state index contributed by atoms with van der Waals surface area (Å²) in [5, 5.41) is 4.15. The third kappa shape index (κ3) is 4.71. The fourth-order valence-electron chi connectivity index (χ4n) is 2.31. The van der Waals surface area contributed by atoms with Crippen LogP contribution in [0.25, 0.3) is 5.69 Å². The summed E-state index contributed by atoms with van der Waals surface area (Å²) >= 11 is 4.18. The molecule has 2 aromatic heterocycles. The van der Waals surface area contributed by atoms with E-state index in [0.717, 1.165) is 20.7 Å². The third-order valence-electron chi connectivity index (χ3n) is 3.50. The molecule has 0 saturated carbocycles. The molecule has 0 aliphatic carbocycles. The number of aromatic nitrogens is 3. The Morgan fingerprint density at radius 3 is 2.93 bits per heavy atom. The number of carbonyl (C=O) groups excluding carboxylic acids is 2. The highest BCUT2D eigenvalue weighted by atomic mass is 32.2. The SMILES string of the molecule is CSc1nccn1-c1cccc(C(=O)Nc2nc(C)c(SCC(N)=O)s2)c1. The third-order valence-corrected chi connectivity index (χ3v) is 6.62. The van der Waals surface area contributed by atoms with Gasteiger partial charge in [0.2, 0.25) is 5.91 Å². The first-order chi connectivity index (χ1) is 13.0. The van der Waals surface area contributed by atoms with E-state index in [2.05, 4.69) is 15.3 Å². The lowest BCUT2D eigenvalue weighted by Gasteiger charge is -2.08. The molecule has 3 aromatic rings. The second-order valence-electron chi connectivity index (χ2n) is 5.44. The van der Waals surface area contributed by atoms with Crippen LogP contribution in [0.2, 0.25) is 0 Å². The van der Waals surface area contributed by atoms with E-state index in [-0.39, 0.29) is 17.6 Å². The topological polar surface area (TPSA) is 103 Å². The molecule has 0 fully saturated rings. The van der Waals surface area contributed by atoms with Gasteiger partial charge in [0.15, 0.2) is 10.3 Å². The first kappa shape index (κ1) is 19.5. The van der Waals surface area contributed by atoms with Crippen LogP contribution in [0.15, 0.2) is 46.0 Å². The number of anilines is 1. The fourth-order valence-corrected chi connectivity index (χ4v) is 4.71. The molecule has 10 heteroatoms. The summed E-state index contributed by atoms with van der Waals surface area (Å²) in [5.41, 5.74) is 7.32. The lowest BCUT2D eigenvalue weighted by molar-refractivity contribution is -0.115. The number of carbonyl (C=O) groups is 2.